The van der Waals surface area contributed by atoms with Crippen molar-refractivity contribution in [2.75, 3.05) is 70.5 Å². The highest BCUT2D eigenvalue weighted by atomic mass is 35.5. The highest BCUT2D eigenvalue weighted by Crippen LogP contribution is 2.43. The van der Waals surface area contributed by atoms with Crippen LogP contribution in [0.3, 0.4) is 0 Å². The number of ether oxygens (including phenoxy) is 3. The fraction of sp³-hybridized carbons (Fsp3) is 0.370. The Kier molecular flexibility index (Phi) is 13.1. The molecule has 0 radical (unpaired) electrons. The van der Waals surface area contributed by atoms with Gasteiger partial charge in [-0.1, -0.05) is 54.8 Å². The predicted molar refractivity (Wildman–Crippen MR) is 241 cm³/mol. The number of anilines is 1. The van der Waals surface area contributed by atoms with Crippen molar-refractivity contribution in [1.29, 1.82) is 5.26 Å². The molecule has 1 amide bonds. The summed E-state index contributed by atoms with van der Waals surface area (Å²) in [6.07, 6.45) is 6.27. The van der Waals surface area contributed by atoms with Gasteiger partial charge in [0.1, 0.15) is 35.6 Å². The zero-order valence-electron chi connectivity index (χ0n) is 34.7. The first-order valence-corrected chi connectivity index (χ1v) is 23.0. The molecule has 0 bridgehead atoms. The van der Waals surface area contributed by atoms with Gasteiger partial charge in [0.2, 0.25) is 0 Å². The molecule has 2 fully saturated rings. The fourth-order valence-corrected chi connectivity index (χ4v) is 9.71. The molecule has 0 unspecified atom stereocenters. The number of sulfonamides is 1. The number of H-pyrrole nitrogens is 1. The van der Waals surface area contributed by atoms with Crippen molar-refractivity contribution < 1.29 is 27.4 Å². The predicted octanol–water partition coefficient (Wildman–Crippen LogP) is 8.17. The van der Waals surface area contributed by atoms with Gasteiger partial charge in [0.25, 0.3) is 15.9 Å². The van der Waals surface area contributed by atoms with Crippen LogP contribution < -0.4 is 19.1 Å². The van der Waals surface area contributed by atoms with E-state index in [0.717, 1.165) is 68.1 Å². The summed E-state index contributed by atoms with van der Waals surface area (Å²) in [5, 5.41) is 10.6. The van der Waals surface area contributed by atoms with Crippen molar-refractivity contribution in [2.45, 2.75) is 44.1 Å². The summed E-state index contributed by atoms with van der Waals surface area (Å²) in [5.74, 6) is -0.0525. The molecule has 62 heavy (non-hydrogen) atoms. The molecule has 5 aromatic rings. The molecule has 2 aromatic heterocycles. The number of carbonyl (C=O) groups excluding carboxylic acids is 1. The van der Waals surface area contributed by atoms with Crippen LogP contribution in [0, 0.1) is 16.7 Å². The molecular formula is C46H49Cl2N7O6S. The van der Waals surface area contributed by atoms with Gasteiger partial charge in [-0.15, -0.1) is 0 Å². The van der Waals surface area contributed by atoms with Crippen LogP contribution >= 0.6 is 23.2 Å². The Balaban J connectivity index is 0.971. The number of hydrogen-bond acceptors (Lipinski definition) is 11. The van der Waals surface area contributed by atoms with Gasteiger partial charge in [0, 0.05) is 74.2 Å². The van der Waals surface area contributed by atoms with Gasteiger partial charge < -0.3 is 24.1 Å². The summed E-state index contributed by atoms with van der Waals surface area (Å²) in [6.45, 7) is 10.9. The monoisotopic (exact) mass is 897 g/mol. The minimum absolute atomic E-state index is 0.0241. The Morgan fingerprint density at radius 3 is 2.58 bits per heavy atom. The molecule has 1 atom stereocenters. The van der Waals surface area contributed by atoms with Crippen molar-refractivity contribution in [2.24, 2.45) is 5.41 Å². The van der Waals surface area contributed by atoms with Gasteiger partial charge in [-0.2, -0.15) is 5.26 Å². The van der Waals surface area contributed by atoms with E-state index < -0.39 is 15.9 Å². The zero-order valence-corrected chi connectivity index (χ0v) is 37.0. The summed E-state index contributed by atoms with van der Waals surface area (Å²) < 4.78 is 47.4. The van der Waals surface area contributed by atoms with E-state index >= 15 is 0 Å². The molecule has 3 aliphatic rings. The van der Waals surface area contributed by atoms with E-state index in [0.29, 0.717) is 37.6 Å². The van der Waals surface area contributed by atoms with E-state index in [1.807, 2.05) is 29.2 Å². The van der Waals surface area contributed by atoms with Crippen molar-refractivity contribution in [1.82, 2.24) is 24.5 Å². The summed E-state index contributed by atoms with van der Waals surface area (Å²) in [7, 11) is -4.39. The number of benzene rings is 3. The lowest BCUT2D eigenvalue weighted by molar-refractivity contribution is -0.0441. The Labute approximate surface area is 372 Å². The molecule has 16 heteroatoms. The van der Waals surface area contributed by atoms with Crippen LogP contribution in [0.2, 0.25) is 10.0 Å². The number of aromatic nitrogens is 2. The standard InChI is InChI=1S/C46H49Cl2N7O6S/c1-46(2)13-11-33(40(26-46)31-3-5-34(47)6-4-31)28-54-17-19-55(20-18-54)35-7-9-39(43(24-35)61-36-23-32-12-15-50-44(32)51-27-36)45(56)52-62(57,58)38-8-10-42(41(48)25-38)60-30-37-29-53(16-14-49)21-22-59-37/h3-10,12,15,23-25,27,37H,11,13,16-22,26,28-30H2,1-2H3,(H,50,51)(H,52,56)/t37-/m1/s1. The van der Waals surface area contributed by atoms with E-state index in [4.69, 9.17) is 42.7 Å². The third-order valence-corrected chi connectivity index (χ3v) is 13.6. The fourth-order valence-electron chi connectivity index (χ4n) is 8.29. The van der Waals surface area contributed by atoms with Crippen LogP contribution in [0.5, 0.6) is 17.2 Å². The van der Waals surface area contributed by atoms with Crippen LogP contribution in [0.4, 0.5) is 5.69 Å². The Morgan fingerprint density at radius 2 is 1.81 bits per heavy atom. The minimum Gasteiger partial charge on any atom is -0.489 e. The van der Waals surface area contributed by atoms with Gasteiger partial charge >= 0.3 is 0 Å². The first kappa shape index (κ1) is 43.5. The molecular weight excluding hydrogens is 850 g/mol. The number of fused-ring (bicyclic) bond motifs is 1. The summed E-state index contributed by atoms with van der Waals surface area (Å²) >= 11 is 12.7. The number of morpholine rings is 1. The number of rotatable bonds is 13. The average Bonchev–Trinajstić information content (AvgIpc) is 3.73. The van der Waals surface area contributed by atoms with Gasteiger partial charge in [0.05, 0.1) is 40.9 Å². The van der Waals surface area contributed by atoms with Crippen molar-refractivity contribution >= 4 is 61.4 Å². The van der Waals surface area contributed by atoms with Gasteiger partial charge in [-0.05, 0) is 90.4 Å². The summed E-state index contributed by atoms with van der Waals surface area (Å²) in [6, 6.07) is 23.2. The van der Waals surface area contributed by atoms with Crippen molar-refractivity contribution in [3.05, 3.63) is 112 Å². The smallest absolute Gasteiger partial charge is 0.268 e. The number of pyridine rings is 1. The second kappa shape index (κ2) is 18.7. The largest absolute Gasteiger partial charge is 0.489 e. The Morgan fingerprint density at radius 1 is 1.00 bits per heavy atom. The van der Waals surface area contributed by atoms with Crippen LogP contribution in [0.1, 0.15) is 49.0 Å². The number of piperazine rings is 1. The maximum absolute atomic E-state index is 13.9. The normalized spacial score (nSPS) is 18.7. The topological polar surface area (TPSA) is 153 Å². The van der Waals surface area contributed by atoms with E-state index in [9.17, 15) is 13.2 Å². The molecule has 0 spiro atoms. The molecule has 8 rings (SSSR count). The van der Waals surface area contributed by atoms with E-state index in [-0.39, 0.29) is 45.1 Å². The molecule has 2 aliphatic heterocycles. The molecule has 2 saturated heterocycles. The number of halogens is 2. The number of carbonyl (C=O) groups is 1. The first-order valence-electron chi connectivity index (χ1n) is 20.7. The average molecular weight is 899 g/mol. The Hall–Kier alpha value is -5.14. The van der Waals surface area contributed by atoms with Gasteiger partial charge in [-0.25, -0.2) is 18.1 Å². The van der Waals surface area contributed by atoms with Gasteiger partial charge in [-0.3, -0.25) is 14.6 Å². The number of amides is 1. The molecule has 2 N–H and O–H groups in total. The van der Waals surface area contributed by atoms with Crippen LogP contribution in [0.25, 0.3) is 16.6 Å². The van der Waals surface area contributed by atoms with Crippen LogP contribution in [-0.4, -0.2) is 106 Å². The molecule has 13 nitrogen and oxygen atoms in total. The number of hydrogen-bond donors (Lipinski definition) is 2. The zero-order chi connectivity index (χ0) is 43.4. The highest BCUT2D eigenvalue weighted by Gasteiger charge is 2.30. The van der Waals surface area contributed by atoms with Crippen molar-refractivity contribution in [3.63, 3.8) is 0 Å². The minimum atomic E-state index is -4.39. The third-order valence-electron chi connectivity index (χ3n) is 11.7. The van der Waals surface area contributed by atoms with Crippen molar-refractivity contribution in [3.8, 4) is 23.3 Å². The number of nitrogens with one attached hydrogen (secondary N) is 2. The second-order valence-corrected chi connectivity index (χ2v) is 19.3. The summed E-state index contributed by atoms with van der Waals surface area (Å²) in [5.41, 5.74) is 5.93. The number of aromatic amines is 1. The molecule has 4 heterocycles. The Bertz CT molecular complexity index is 2620. The van der Waals surface area contributed by atoms with Gasteiger partial charge in [0.15, 0.2) is 0 Å². The highest BCUT2D eigenvalue weighted by molar-refractivity contribution is 7.90. The van der Waals surface area contributed by atoms with E-state index in [1.165, 1.54) is 34.9 Å². The van der Waals surface area contributed by atoms with Crippen LogP contribution in [-0.2, 0) is 14.8 Å². The molecule has 3 aromatic carbocycles. The quantitative estimate of drug-likeness (QED) is 0.110. The molecule has 1 aliphatic carbocycles. The third kappa shape index (κ3) is 10.4. The lowest BCUT2D eigenvalue weighted by Crippen LogP contribution is -2.47. The number of allylic oxidation sites excluding steroid dienone is 1. The van der Waals surface area contributed by atoms with Crippen LogP contribution in [0.15, 0.2) is 95.7 Å². The SMILES string of the molecule is CC1(C)CCC(CN2CCN(c3ccc(C(=O)NS(=O)(=O)c4ccc(OC[C@H]5CN(CC#N)CCO5)c(Cl)c4)c(Oc4cnc5[nH]ccc5c4)c3)CC2)=C(c2ccc(Cl)cc2)C1. The number of nitriles is 1. The molecule has 324 valence electrons. The van der Waals surface area contributed by atoms with E-state index in [1.54, 1.807) is 30.6 Å². The maximum atomic E-state index is 13.9. The number of nitrogens with zero attached hydrogens (tertiary/aromatic N) is 5. The lowest BCUT2D eigenvalue weighted by atomic mass is 9.72. The maximum Gasteiger partial charge on any atom is 0.268 e. The molecule has 0 saturated carbocycles. The first-order chi connectivity index (χ1) is 29.8. The lowest BCUT2D eigenvalue weighted by Gasteiger charge is -2.39. The second-order valence-electron chi connectivity index (χ2n) is 16.8. The summed E-state index contributed by atoms with van der Waals surface area (Å²) in [4.78, 5) is 27.9. The van der Waals surface area contributed by atoms with E-state index in [2.05, 4.69) is 56.5 Å².